The van der Waals surface area contributed by atoms with Crippen LogP contribution in [0.5, 0.6) is 0 Å². The van der Waals surface area contributed by atoms with Crippen molar-refractivity contribution >= 4 is 16.5 Å². The lowest BCUT2D eigenvalue weighted by Crippen LogP contribution is -2.26. The topological polar surface area (TPSA) is 28.2 Å². The number of anilines is 1. The van der Waals surface area contributed by atoms with Crippen molar-refractivity contribution in [1.82, 2.24) is 10.3 Å². The highest BCUT2D eigenvalue weighted by Crippen LogP contribution is 2.35. The molecule has 1 aliphatic rings. The molecule has 1 saturated carbocycles. The summed E-state index contributed by atoms with van der Waals surface area (Å²) in [6.07, 6.45) is 4.95. The second kappa shape index (κ2) is 7.41. The number of nitrogens with one attached hydrogen (secondary N) is 1. The summed E-state index contributed by atoms with van der Waals surface area (Å²) in [6, 6.07) is 0.766. The smallest absolute Gasteiger partial charge is 0.186 e. The second-order valence-electron chi connectivity index (χ2n) is 6.17. The van der Waals surface area contributed by atoms with Gasteiger partial charge in [0.25, 0.3) is 0 Å². The Morgan fingerprint density at radius 1 is 1.35 bits per heavy atom. The van der Waals surface area contributed by atoms with Gasteiger partial charge in [0.1, 0.15) is 0 Å². The van der Waals surface area contributed by atoms with Gasteiger partial charge in [0, 0.05) is 24.0 Å². The number of aryl methyl sites for hydroxylation is 1. The fourth-order valence-corrected chi connectivity index (χ4v) is 3.66. The Hall–Kier alpha value is -0.610. The molecule has 0 radical (unpaired) electrons. The molecule has 0 atom stereocenters. The molecule has 0 saturated heterocycles. The van der Waals surface area contributed by atoms with E-state index in [1.807, 2.05) is 11.3 Å². The Morgan fingerprint density at radius 3 is 2.65 bits per heavy atom. The zero-order chi connectivity index (χ0) is 14.5. The summed E-state index contributed by atoms with van der Waals surface area (Å²) >= 11 is 1.90. The van der Waals surface area contributed by atoms with Crippen LogP contribution >= 0.6 is 11.3 Å². The van der Waals surface area contributed by atoms with E-state index in [0.29, 0.717) is 5.92 Å². The molecular weight excluding hydrogens is 266 g/mol. The van der Waals surface area contributed by atoms with Crippen LogP contribution in [0.15, 0.2) is 0 Å². The molecule has 1 N–H and O–H groups in total. The standard InChI is InChI=1S/C16H29N3S/c1-5-9-19(13-7-8-13)16-18-14(6-2)15(20-16)11-17-10-12(3)4/h12-13,17H,5-11H2,1-4H3. The van der Waals surface area contributed by atoms with E-state index in [-0.39, 0.29) is 0 Å². The summed E-state index contributed by atoms with van der Waals surface area (Å²) in [5, 5.41) is 4.81. The summed E-state index contributed by atoms with van der Waals surface area (Å²) in [5.41, 5.74) is 1.29. The minimum Gasteiger partial charge on any atom is -0.345 e. The van der Waals surface area contributed by atoms with Crippen LogP contribution in [-0.4, -0.2) is 24.1 Å². The van der Waals surface area contributed by atoms with Crippen molar-refractivity contribution in [3.63, 3.8) is 0 Å². The summed E-state index contributed by atoms with van der Waals surface area (Å²) in [6.45, 7) is 12.2. The van der Waals surface area contributed by atoms with Crippen LogP contribution in [-0.2, 0) is 13.0 Å². The van der Waals surface area contributed by atoms with Crippen LogP contribution in [0.3, 0.4) is 0 Å². The molecule has 1 aromatic rings. The van der Waals surface area contributed by atoms with Crippen molar-refractivity contribution in [3.8, 4) is 0 Å². The van der Waals surface area contributed by atoms with Crippen molar-refractivity contribution in [3.05, 3.63) is 10.6 Å². The van der Waals surface area contributed by atoms with E-state index >= 15 is 0 Å². The first-order chi connectivity index (χ1) is 9.65. The van der Waals surface area contributed by atoms with Gasteiger partial charge >= 0.3 is 0 Å². The van der Waals surface area contributed by atoms with E-state index in [2.05, 4.69) is 37.9 Å². The molecule has 0 amide bonds. The van der Waals surface area contributed by atoms with E-state index in [0.717, 1.165) is 32.1 Å². The molecule has 0 aromatic carbocycles. The average Bonchev–Trinajstić information content (AvgIpc) is 3.16. The maximum Gasteiger partial charge on any atom is 0.186 e. The Balaban J connectivity index is 2.04. The highest BCUT2D eigenvalue weighted by molar-refractivity contribution is 7.15. The van der Waals surface area contributed by atoms with Crippen molar-refractivity contribution in [2.75, 3.05) is 18.0 Å². The minimum atomic E-state index is 0.704. The molecule has 20 heavy (non-hydrogen) atoms. The van der Waals surface area contributed by atoms with Gasteiger partial charge in [0.2, 0.25) is 0 Å². The van der Waals surface area contributed by atoms with Gasteiger partial charge in [0.15, 0.2) is 5.13 Å². The number of aromatic nitrogens is 1. The third-order valence-electron chi connectivity index (χ3n) is 3.64. The Morgan fingerprint density at radius 2 is 2.10 bits per heavy atom. The third-order valence-corrected chi connectivity index (χ3v) is 4.77. The Labute approximate surface area is 127 Å². The fraction of sp³-hybridized carbons (Fsp3) is 0.812. The van der Waals surface area contributed by atoms with Crippen LogP contribution in [0.2, 0.25) is 0 Å². The number of nitrogens with zero attached hydrogens (tertiary/aromatic N) is 2. The summed E-state index contributed by atoms with van der Waals surface area (Å²) in [5.74, 6) is 0.704. The number of rotatable bonds is 9. The van der Waals surface area contributed by atoms with E-state index in [9.17, 15) is 0 Å². The van der Waals surface area contributed by atoms with Gasteiger partial charge in [-0.05, 0) is 38.1 Å². The van der Waals surface area contributed by atoms with Crippen LogP contribution in [0, 0.1) is 5.92 Å². The molecule has 0 spiro atoms. The van der Waals surface area contributed by atoms with E-state index in [4.69, 9.17) is 4.98 Å². The molecule has 4 heteroatoms. The monoisotopic (exact) mass is 295 g/mol. The van der Waals surface area contributed by atoms with Crippen molar-refractivity contribution in [2.24, 2.45) is 5.92 Å². The van der Waals surface area contributed by atoms with E-state index in [1.54, 1.807) is 0 Å². The highest BCUT2D eigenvalue weighted by atomic mass is 32.1. The largest absolute Gasteiger partial charge is 0.345 e. The molecular formula is C16H29N3S. The number of thiazole rings is 1. The van der Waals surface area contributed by atoms with Crippen LogP contribution < -0.4 is 10.2 Å². The molecule has 1 heterocycles. The van der Waals surface area contributed by atoms with Gasteiger partial charge in [-0.1, -0.05) is 27.7 Å². The van der Waals surface area contributed by atoms with E-state index < -0.39 is 0 Å². The van der Waals surface area contributed by atoms with Crippen molar-refractivity contribution in [1.29, 1.82) is 0 Å². The summed E-state index contributed by atoms with van der Waals surface area (Å²) in [7, 11) is 0. The summed E-state index contributed by atoms with van der Waals surface area (Å²) in [4.78, 5) is 8.88. The molecule has 2 rings (SSSR count). The van der Waals surface area contributed by atoms with E-state index in [1.165, 1.54) is 35.0 Å². The fourth-order valence-electron chi connectivity index (χ4n) is 2.44. The second-order valence-corrected chi connectivity index (χ2v) is 7.23. The normalized spacial score (nSPS) is 15.1. The van der Waals surface area contributed by atoms with Gasteiger partial charge in [0.05, 0.1) is 5.69 Å². The highest BCUT2D eigenvalue weighted by Gasteiger charge is 2.30. The molecule has 0 aliphatic heterocycles. The van der Waals surface area contributed by atoms with Crippen LogP contribution in [0.4, 0.5) is 5.13 Å². The molecule has 1 fully saturated rings. The van der Waals surface area contributed by atoms with Crippen molar-refractivity contribution < 1.29 is 0 Å². The molecule has 3 nitrogen and oxygen atoms in total. The lowest BCUT2D eigenvalue weighted by Gasteiger charge is -2.20. The molecule has 1 aromatic heterocycles. The lowest BCUT2D eigenvalue weighted by atomic mass is 10.2. The SMILES string of the molecule is CCCN(c1nc(CC)c(CNCC(C)C)s1)C1CC1. The summed E-state index contributed by atoms with van der Waals surface area (Å²) < 4.78 is 0. The molecule has 0 bridgehead atoms. The predicted octanol–water partition coefficient (Wildman–Crippen LogP) is 3.83. The van der Waals surface area contributed by atoms with Crippen LogP contribution in [0.25, 0.3) is 0 Å². The van der Waals surface area contributed by atoms with Gasteiger partial charge in [-0.2, -0.15) is 0 Å². The van der Waals surface area contributed by atoms with Gasteiger partial charge in [-0.15, -0.1) is 11.3 Å². The first kappa shape index (κ1) is 15.8. The number of hydrogen-bond donors (Lipinski definition) is 1. The minimum absolute atomic E-state index is 0.704. The van der Waals surface area contributed by atoms with Gasteiger partial charge < -0.3 is 10.2 Å². The lowest BCUT2D eigenvalue weighted by molar-refractivity contribution is 0.553. The first-order valence-corrected chi connectivity index (χ1v) is 8.93. The average molecular weight is 295 g/mol. The maximum atomic E-state index is 4.91. The Kier molecular flexibility index (Phi) is 5.85. The first-order valence-electron chi connectivity index (χ1n) is 8.11. The Bertz CT molecular complexity index is 410. The molecule has 114 valence electrons. The number of hydrogen-bond acceptors (Lipinski definition) is 4. The van der Waals surface area contributed by atoms with Gasteiger partial charge in [-0.3, -0.25) is 0 Å². The molecule has 1 aliphatic carbocycles. The van der Waals surface area contributed by atoms with Gasteiger partial charge in [-0.25, -0.2) is 4.98 Å². The zero-order valence-corrected chi connectivity index (χ0v) is 14.2. The maximum absolute atomic E-state index is 4.91. The van der Waals surface area contributed by atoms with Crippen LogP contribution in [0.1, 0.15) is 57.5 Å². The predicted molar refractivity (Wildman–Crippen MR) is 88.7 cm³/mol. The quantitative estimate of drug-likeness (QED) is 0.750. The zero-order valence-electron chi connectivity index (χ0n) is 13.4. The molecule has 0 unspecified atom stereocenters. The third kappa shape index (κ3) is 4.19. The van der Waals surface area contributed by atoms with Crippen molar-refractivity contribution in [2.45, 2.75) is 66.0 Å².